The van der Waals surface area contributed by atoms with Crippen molar-refractivity contribution in [3.05, 3.63) is 29.3 Å². The van der Waals surface area contributed by atoms with Crippen LogP contribution in [0.1, 0.15) is 24.0 Å². The SMILES string of the molecule is NC(CNc1cccc2c1CCCC2)=NO. The molecule has 0 spiro atoms. The van der Waals surface area contributed by atoms with Crippen LogP contribution in [0, 0.1) is 0 Å². The number of hydrogen-bond donors (Lipinski definition) is 3. The van der Waals surface area contributed by atoms with E-state index in [2.05, 4.69) is 28.7 Å². The number of rotatable bonds is 3. The van der Waals surface area contributed by atoms with E-state index in [1.165, 1.54) is 24.0 Å². The maximum Gasteiger partial charge on any atom is 0.158 e. The second-order valence-corrected chi connectivity index (χ2v) is 4.10. The standard InChI is InChI=1S/C12H17N3O/c13-12(15-16)8-14-11-7-3-5-9-4-1-2-6-10(9)11/h3,5,7,14,16H,1-2,4,6,8H2,(H2,13,15). The summed E-state index contributed by atoms with van der Waals surface area (Å²) in [4.78, 5) is 0. The summed E-state index contributed by atoms with van der Waals surface area (Å²) in [5.74, 6) is 0.202. The van der Waals surface area contributed by atoms with Gasteiger partial charge in [0.25, 0.3) is 0 Å². The van der Waals surface area contributed by atoms with Crippen LogP contribution in [0.3, 0.4) is 0 Å². The molecule has 1 aromatic carbocycles. The quantitative estimate of drug-likeness (QED) is 0.314. The lowest BCUT2D eigenvalue weighted by molar-refractivity contribution is 0.317. The van der Waals surface area contributed by atoms with E-state index in [0.717, 1.165) is 18.5 Å². The molecule has 86 valence electrons. The first-order valence-corrected chi connectivity index (χ1v) is 5.62. The van der Waals surface area contributed by atoms with Crippen molar-refractivity contribution in [3.63, 3.8) is 0 Å². The van der Waals surface area contributed by atoms with Crippen molar-refractivity contribution < 1.29 is 5.21 Å². The van der Waals surface area contributed by atoms with Gasteiger partial charge in [-0.1, -0.05) is 17.3 Å². The predicted octanol–water partition coefficient (Wildman–Crippen LogP) is 1.72. The summed E-state index contributed by atoms with van der Waals surface area (Å²) in [6.07, 6.45) is 4.80. The second kappa shape index (κ2) is 4.88. The minimum absolute atomic E-state index is 0.202. The van der Waals surface area contributed by atoms with Crippen LogP contribution >= 0.6 is 0 Å². The lowest BCUT2D eigenvalue weighted by Gasteiger charge is -2.19. The van der Waals surface area contributed by atoms with Crippen LogP contribution in [-0.4, -0.2) is 17.6 Å². The molecule has 0 radical (unpaired) electrons. The highest BCUT2D eigenvalue weighted by Gasteiger charge is 2.12. The highest BCUT2D eigenvalue weighted by Crippen LogP contribution is 2.27. The molecule has 0 bridgehead atoms. The molecule has 1 aliphatic carbocycles. The Labute approximate surface area is 95.1 Å². The average Bonchev–Trinajstić information content (AvgIpc) is 2.35. The van der Waals surface area contributed by atoms with Crippen molar-refractivity contribution in [2.24, 2.45) is 10.9 Å². The van der Waals surface area contributed by atoms with Crippen molar-refractivity contribution in [2.75, 3.05) is 11.9 Å². The van der Waals surface area contributed by atoms with E-state index in [0.29, 0.717) is 6.54 Å². The first-order valence-electron chi connectivity index (χ1n) is 5.62. The number of nitrogens with zero attached hydrogens (tertiary/aromatic N) is 1. The third-order valence-electron chi connectivity index (χ3n) is 2.98. The first kappa shape index (κ1) is 10.8. The Bertz CT molecular complexity index is 401. The Morgan fingerprint density at radius 3 is 3.00 bits per heavy atom. The summed E-state index contributed by atoms with van der Waals surface area (Å²) < 4.78 is 0. The van der Waals surface area contributed by atoms with Gasteiger partial charge in [-0.15, -0.1) is 0 Å². The molecule has 0 saturated carbocycles. The molecule has 0 saturated heterocycles. The van der Waals surface area contributed by atoms with Crippen LogP contribution in [0.4, 0.5) is 5.69 Å². The molecule has 16 heavy (non-hydrogen) atoms. The average molecular weight is 219 g/mol. The van der Waals surface area contributed by atoms with E-state index in [1.807, 2.05) is 0 Å². The Hall–Kier alpha value is -1.71. The van der Waals surface area contributed by atoms with Crippen molar-refractivity contribution in [1.82, 2.24) is 0 Å². The van der Waals surface area contributed by atoms with Gasteiger partial charge >= 0.3 is 0 Å². The Kier molecular flexibility index (Phi) is 3.29. The van der Waals surface area contributed by atoms with Crippen molar-refractivity contribution in [3.8, 4) is 0 Å². The summed E-state index contributed by atoms with van der Waals surface area (Å²) in [6.45, 7) is 0.382. The maximum absolute atomic E-state index is 8.47. The summed E-state index contributed by atoms with van der Waals surface area (Å²) in [5.41, 5.74) is 9.36. The molecule has 0 amide bonds. The third kappa shape index (κ3) is 2.27. The largest absolute Gasteiger partial charge is 0.409 e. The van der Waals surface area contributed by atoms with Crippen molar-refractivity contribution >= 4 is 11.5 Å². The Morgan fingerprint density at radius 1 is 1.38 bits per heavy atom. The number of oxime groups is 1. The van der Waals surface area contributed by atoms with Gasteiger partial charge in [0.15, 0.2) is 5.84 Å². The Morgan fingerprint density at radius 2 is 2.19 bits per heavy atom. The van der Waals surface area contributed by atoms with E-state index >= 15 is 0 Å². The number of nitrogens with one attached hydrogen (secondary N) is 1. The van der Waals surface area contributed by atoms with Gasteiger partial charge in [0.1, 0.15) is 0 Å². The fraction of sp³-hybridized carbons (Fsp3) is 0.417. The zero-order chi connectivity index (χ0) is 11.4. The van der Waals surface area contributed by atoms with Crippen molar-refractivity contribution in [1.29, 1.82) is 0 Å². The van der Waals surface area contributed by atoms with E-state index in [4.69, 9.17) is 10.9 Å². The molecule has 1 aliphatic rings. The monoisotopic (exact) mass is 219 g/mol. The smallest absolute Gasteiger partial charge is 0.158 e. The number of aryl methyl sites for hydroxylation is 1. The first-order chi connectivity index (χ1) is 7.81. The molecule has 0 fully saturated rings. The molecule has 0 aromatic heterocycles. The Balaban J connectivity index is 2.14. The molecule has 0 unspecified atom stereocenters. The summed E-state index contributed by atoms with van der Waals surface area (Å²) in [6, 6.07) is 6.29. The highest BCUT2D eigenvalue weighted by atomic mass is 16.4. The van der Waals surface area contributed by atoms with Gasteiger partial charge in [0.05, 0.1) is 6.54 Å². The summed E-state index contributed by atoms with van der Waals surface area (Å²) in [5, 5.41) is 14.6. The molecule has 0 atom stereocenters. The van der Waals surface area contributed by atoms with E-state index in [-0.39, 0.29) is 5.84 Å². The van der Waals surface area contributed by atoms with Gasteiger partial charge in [0, 0.05) is 5.69 Å². The molecule has 0 aliphatic heterocycles. The van der Waals surface area contributed by atoms with Gasteiger partial charge in [-0.25, -0.2) is 0 Å². The van der Waals surface area contributed by atoms with Gasteiger partial charge < -0.3 is 16.3 Å². The topological polar surface area (TPSA) is 70.6 Å². The molecular weight excluding hydrogens is 202 g/mol. The maximum atomic E-state index is 8.47. The van der Waals surface area contributed by atoms with Crippen LogP contribution in [0.15, 0.2) is 23.4 Å². The molecule has 4 N–H and O–H groups in total. The van der Waals surface area contributed by atoms with Crippen LogP contribution in [0.5, 0.6) is 0 Å². The van der Waals surface area contributed by atoms with Gasteiger partial charge in [-0.3, -0.25) is 0 Å². The number of fused-ring (bicyclic) bond motifs is 1. The summed E-state index contributed by atoms with van der Waals surface area (Å²) >= 11 is 0. The van der Waals surface area contributed by atoms with Crippen LogP contribution in [-0.2, 0) is 12.8 Å². The van der Waals surface area contributed by atoms with E-state index in [1.54, 1.807) is 0 Å². The third-order valence-corrected chi connectivity index (χ3v) is 2.98. The minimum Gasteiger partial charge on any atom is -0.409 e. The summed E-state index contributed by atoms with van der Waals surface area (Å²) in [7, 11) is 0. The van der Waals surface area contributed by atoms with Gasteiger partial charge in [0.2, 0.25) is 0 Å². The van der Waals surface area contributed by atoms with Crippen molar-refractivity contribution in [2.45, 2.75) is 25.7 Å². The van der Waals surface area contributed by atoms with E-state index in [9.17, 15) is 0 Å². The number of anilines is 1. The minimum atomic E-state index is 0.202. The fourth-order valence-electron chi connectivity index (χ4n) is 2.17. The number of benzene rings is 1. The molecule has 0 heterocycles. The zero-order valence-corrected chi connectivity index (χ0v) is 9.24. The molecule has 2 rings (SSSR count). The highest BCUT2D eigenvalue weighted by molar-refractivity contribution is 5.84. The molecule has 4 heteroatoms. The normalized spacial score (nSPS) is 15.6. The second-order valence-electron chi connectivity index (χ2n) is 4.10. The number of nitrogens with two attached hydrogens (primary N) is 1. The zero-order valence-electron chi connectivity index (χ0n) is 9.24. The van der Waals surface area contributed by atoms with E-state index < -0.39 is 0 Å². The van der Waals surface area contributed by atoms with Gasteiger partial charge in [-0.2, -0.15) is 0 Å². The fourth-order valence-corrected chi connectivity index (χ4v) is 2.17. The van der Waals surface area contributed by atoms with Crippen LogP contribution in [0.25, 0.3) is 0 Å². The van der Waals surface area contributed by atoms with Crippen LogP contribution < -0.4 is 11.1 Å². The molecular formula is C12H17N3O. The number of hydrogen-bond acceptors (Lipinski definition) is 3. The van der Waals surface area contributed by atoms with Gasteiger partial charge in [-0.05, 0) is 42.9 Å². The number of amidine groups is 1. The molecule has 4 nitrogen and oxygen atoms in total. The lowest BCUT2D eigenvalue weighted by Crippen LogP contribution is -2.23. The predicted molar refractivity (Wildman–Crippen MR) is 65.0 cm³/mol. The molecule has 1 aromatic rings. The lowest BCUT2D eigenvalue weighted by atomic mass is 9.90. The van der Waals surface area contributed by atoms with Crippen LogP contribution in [0.2, 0.25) is 0 Å².